The molecule has 1 heterocycles. The number of carbonyl (C=O) groups excluding carboxylic acids is 3. The van der Waals surface area contributed by atoms with E-state index in [1.807, 2.05) is 12.1 Å². The van der Waals surface area contributed by atoms with Gasteiger partial charge in [-0.1, -0.05) is 23.5 Å². The average Bonchev–Trinajstić information content (AvgIpc) is 3.06. The topological polar surface area (TPSA) is 156 Å². The molecule has 2 rings (SSSR count). The van der Waals surface area contributed by atoms with Crippen LogP contribution in [0.1, 0.15) is 27.9 Å². The summed E-state index contributed by atoms with van der Waals surface area (Å²) < 4.78 is 0. The third kappa shape index (κ3) is 8.22. The number of nitrogens with one attached hydrogen (secondary N) is 2. The highest BCUT2D eigenvalue weighted by Gasteiger charge is 2.19. The number of halogens is 1. The van der Waals surface area contributed by atoms with Gasteiger partial charge < -0.3 is 27.0 Å². The molecule has 0 aliphatic heterocycles. The molecule has 1 aromatic carbocycles. The highest BCUT2D eigenvalue weighted by molar-refractivity contribution is 7.17. The molecule has 1 aromatic heterocycles. The van der Waals surface area contributed by atoms with Crippen molar-refractivity contribution in [2.24, 2.45) is 16.5 Å². The van der Waals surface area contributed by atoms with Crippen LogP contribution in [0.5, 0.6) is 0 Å². The number of benzene rings is 1. The number of guanidine groups is 1. The molecule has 0 unspecified atom stereocenters. The molecule has 0 saturated carbocycles. The quantitative estimate of drug-likeness (QED) is 0.335. The first-order chi connectivity index (χ1) is 14.2. The minimum absolute atomic E-state index is 0. The second-order valence-electron chi connectivity index (χ2n) is 6.65. The van der Waals surface area contributed by atoms with E-state index in [1.54, 1.807) is 26.2 Å². The van der Waals surface area contributed by atoms with Crippen LogP contribution in [0.4, 0.5) is 10.8 Å². The van der Waals surface area contributed by atoms with E-state index in [2.05, 4.69) is 20.6 Å². The maximum absolute atomic E-state index is 12.6. The first-order valence-corrected chi connectivity index (χ1v) is 9.91. The van der Waals surface area contributed by atoms with E-state index in [-0.39, 0.29) is 36.7 Å². The number of aliphatic imine (C=N–C) groups is 1. The number of nitrogens with zero attached hydrogens (tertiary/aromatic N) is 3. The van der Waals surface area contributed by atoms with Crippen molar-refractivity contribution in [1.29, 1.82) is 0 Å². The predicted molar refractivity (Wildman–Crippen MR) is 124 cm³/mol. The molecule has 2 aromatic rings. The molecule has 0 bridgehead atoms. The lowest BCUT2D eigenvalue weighted by molar-refractivity contribution is -0.127. The van der Waals surface area contributed by atoms with Gasteiger partial charge in [0.1, 0.15) is 4.88 Å². The Morgan fingerprint density at radius 3 is 2.32 bits per heavy atom. The molecular formula is C19H26ClN7O3S. The van der Waals surface area contributed by atoms with E-state index in [9.17, 15) is 14.4 Å². The maximum atomic E-state index is 12.6. The van der Waals surface area contributed by atoms with E-state index in [1.165, 1.54) is 11.8 Å². The minimum Gasteiger partial charge on any atom is -0.370 e. The highest BCUT2D eigenvalue weighted by Crippen LogP contribution is 2.25. The molecule has 6 N–H and O–H groups in total. The highest BCUT2D eigenvalue weighted by atomic mass is 35.5. The summed E-state index contributed by atoms with van der Waals surface area (Å²) in [6.45, 7) is 1.25. The summed E-state index contributed by atoms with van der Waals surface area (Å²) >= 11 is 1.07. The molecule has 12 heteroatoms. The zero-order chi connectivity index (χ0) is 22.3. The van der Waals surface area contributed by atoms with Crippen LogP contribution < -0.4 is 22.1 Å². The van der Waals surface area contributed by atoms with Gasteiger partial charge in [0.05, 0.1) is 17.9 Å². The third-order valence-corrected chi connectivity index (χ3v) is 4.94. The average molecular weight is 468 g/mol. The molecule has 0 aliphatic rings. The zero-order valence-electron chi connectivity index (χ0n) is 17.5. The molecule has 10 nitrogen and oxygen atoms in total. The molecule has 168 valence electrons. The molecule has 0 fully saturated rings. The van der Waals surface area contributed by atoms with Crippen LogP contribution in [0.3, 0.4) is 0 Å². The van der Waals surface area contributed by atoms with Crippen molar-refractivity contribution < 1.29 is 14.4 Å². The van der Waals surface area contributed by atoms with Crippen LogP contribution in [0, 0.1) is 0 Å². The first kappa shape index (κ1) is 25.9. The number of hydrogen-bond acceptors (Lipinski definition) is 6. The number of thiazole rings is 1. The van der Waals surface area contributed by atoms with Crippen LogP contribution in [-0.4, -0.2) is 54.2 Å². The Balaban J connectivity index is 0.00000480. The van der Waals surface area contributed by atoms with Crippen molar-refractivity contribution in [3.05, 3.63) is 40.4 Å². The Bertz CT molecular complexity index is 954. The number of aromatic nitrogens is 1. The lowest BCUT2D eigenvalue weighted by atomic mass is 10.1. The summed E-state index contributed by atoms with van der Waals surface area (Å²) in [4.78, 5) is 45.8. The van der Waals surface area contributed by atoms with Crippen molar-refractivity contribution >= 4 is 58.2 Å². The van der Waals surface area contributed by atoms with Crippen molar-refractivity contribution in [1.82, 2.24) is 15.2 Å². The van der Waals surface area contributed by atoms with Gasteiger partial charge in [-0.25, -0.2) is 9.98 Å². The van der Waals surface area contributed by atoms with Gasteiger partial charge in [-0.15, -0.1) is 12.4 Å². The van der Waals surface area contributed by atoms with Crippen LogP contribution in [-0.2, 0) is 22.4 Å². The molecule has 3 amide bonds. The third-order valence-electron chi connectivity index (χ3n) is 3.93. The second-order valence-corrected chi connectivity index (χ2v) is 7.65. The van der Waals surface area contributed by atoms with Gasteiger partial charge in [-0.2, -0.15) is 0 Å². The second kappa shape index (κ2) is 11.9. The van der Waals surface area contributed by atoms with Gasteiger partial charge >= 0.3 is 0 Å². The van der Waals surface area contributed by atoms with Gasteiger partial charge in [0.25, 0.3) is 5.91 Å². The Morgan fingerprint density at radius 1 is 1.13 bits per heavy atom. The molecule has 31 heavy (non-hydrogen) atoms. The first-order valence-electron chi connectivity index (χ1n) is 9.10. The summed E-state index contributed by atoms with van der Waals surface area (Å²) in [5.41, 5.74) is 12.9. The lowest BCUT2D eigenvalue weighted by Gasteiger charge is -2.10. The number of nitrogens with two attached hydrogens (primary N) is 2. The van der Waals surface area contributed by atoms with Gasteiger partial charge in [0.15, 0.2) is 11.1 Å². The van der Waals surface area contributed by atoms with Gasteiger partial charge in [0, 0.05) is 21.0 Å². The van der Waals surface area contributed by atoms with E-state index in [4.69, 9.17) is 11.5 Å². The van der Waals surface area contributed by atoms with E-state index in [0.29, 0.717) is 34.2 Å². The predicted octanol–water partition coefficient (Wildman–Crippen LogP) is 1.03. The van der Waals surface area contributed by atoms with Crippen molar-refractivity contribution in [2.75, 3.05) is 26.0 Å². The van der Waals surface area contributed by atoms with Crippen LogP contribution in [0.25, 0.3) is 0 Å². The smallest absolute Gasteiger partial charge is 0.263 e. The van der Waals surface area contributed by atoms with Crippen molar-refractivity contribution in [3.8, 4) is 0 Å². The summed E-state index contributed by atoms with van der Waals surface area (Å²) in [6, 6.07) is 7.36. The van der Waals surface area contributed by atoms with Crippen LogP contribution in [0.2, 0.25) is 0 Å². The monoisotopic (exact) mass is 467 g/mol. The summed E-state index contributed by atoms with van der Waals surface area (Å²) in [5, 5.41) is 5.54. The van der Waals surface area contributed by atoms with Gasteiger partial charge in [0.2, 0.25) is 11.8 Å². The Morgan fingerprint density at radius 2 is 1.77 bits per heavy atom. The van der Waals surface area contributed by atoms with E-state index in [0.717, 1.165) is 16.9 Å². The molecule has 0 radical (unpaired) electrons. The summed E-state index contributed by atoms with van der Waals surface area (Å²) in [7, 11) is 3.22. The number of anilines is 1. The minimum atomic E-state index is -0.405. The maximum Gasteiger partial charge on any atom is 0.263 e. The molecule has 0 atom stereocenters. The molecule has 0 spiro atoms. The number of amides is 3. The van der Waals surface area contributed by atoms with Gasteiger partial charge in [-0.05, 0) is 30.5 Å². The SMILES string of the molecule is CC(=O)Nc1nc(CCc2ccc(N=C(N)N)cc2)c(C(=O)NCC(=O)N(C)C)s1.Cl. The molecular weight excluding hydrogens is 442 g/mol. The largest absolute Gasteiger partial charge is 0.370 e. The van der Waals surface area contributed by atoms with Gasteiger partial charge in [-0.3, -0.25) is 14.4 Å². The van der Waals surface area contributed by atoms with Crippen LogP contribution >= 0.6 is 23.7 Å². The molecule has 0 saturated heterocycles. The summed E-state index contributed by atoms with van der Waals surface area (Å²) in [5.74, 6) is -0.922. The van der Waals surface area contributed by atoms with Crippen LogP contribution in [0.15, 0.2) is 29.3 Å². The number of rotatable bonds is 8. The number of carbonyl (C=O) groups is 3. The van der Waals surface area contributed by atoms with E-state index >= 15 is 0 Å². The fourth-order valence-electron chi connectivity index (χ4n) is 2.45. The van der Waals surface area contributed by atoms with E-state index < -0.39 is 5.91 Å². The number of likely N-dealkylation sites (N-methyl/N-ethyl adjacent to an activating group) is 1. The Hall–Kier alpha value is -3.18. The van der Waals surface area contributed by atoms with Crippen molar-refractivity contribution in [3.63, 3.8) is 0 Å². The fourth-order valence-corrected chi connectivity index (χ4v) is 3.42. The zero-order valence-corrected chi connectivity index (χ0v) is 19.1. The summed E-state index contributed by atoms with van der Waals surface area (Å²) in [6.07, 6.45) is 1.09. The standard InChI is InChI=1S/C19H25N7O3S.ClH/c1-11(27)23-19-25-14(16(30-19)17(29)22-10-15(28)26(2)3)9-6-12-4-7-13(8-5-12)24-18(20)21;/h4-5,7-8H,6,9-10H2,1-3H3,(H,22,29)(H4,20,21,24)(H,23,25,27);1H. The number of hydrogen-bond donors (Lipinski definition) is 4. The molecule has 0 aliphatic carbocycles. The Kier molecular flexibility index (Phi) is 9.90. The Labute approximate surface area is 190 Å². The fraction of sp³-hybridized carbons (Fsp3) is 0.316. The number of aryl methyl sites for hydroxylation is 2. The lowest BCUT2D eigenvalue weighted by Crippen LogP contribution is -2.36. The van der Waals surface area contributed by atoms with Crippen molar-refractivity contribution in [2.45, 2.75) is 19.8 Å². The normalized spacial score (nSPS) is 9.90.